The molecule has 146 valence electrons. The van der Waals surface area contributed by atoms with Gasteiger partial charge in [0.1, 0.15) is 17.2 Å². The van der Waals surface area contributed by atoms with Crippen LogP contribution in [0, 0.1) is 0 Å². The average Bonchev–Trinajstić information content (AvgIpc) is 3.17. The molecule has 0 bridgehead atoms. The Morgan fingerprint density at radius 1 is 1.25 bits per heavy atom. The summed E-state index contributed by atoms with van der Waals surface area (Å²) in [6.45, 7) is 6.27. The van der Waals surface area contributed by atoms with E-state index >= 15 is 0 Å². The molecule has 1 fully saturated rings. The summed E-state index contributed by atoms with van der Waals surface area (Å²) >= 11 is 0. The normalized spacial score (nSPS) is 15.0. The predicted molar refractivity (Wildman–Crippen MR) is 110 cm³/mol. The smallest absolute Gasteiger partial charge is 0.250 e. The van der Waals surface area contributed by atoms with Crippen LogP contribution in [0.25, 0.3) is 22.4 Å². The van der Waals surface area contributed by atoms with E-state index in [4.69, 9.17) is 5.73 Å². The van der Waals surface area contributed by atoms with Gasteiger partial charge in [0, 0.05) is 58.1 Å². The lowest BCUT2D eigenvalue weighted by atomic mass is 10.2. The molecule has 1 saturated heterocycles. The van der Waals surface area contributed by atoms with Crippen LogP contribution in [0.1, 0.15) is 10.4 Å². The third-order valence-corrected chi connectivity index (χ3v) is 5.15. The first kappa shape index (κ1) is 18.4. The fourth-order valence-corrected chi connectivity index (χ4v) is 3.46. The highest BCUT2D eigenvalue weighted by Crippen LogP contribution is 2.23. The van der Waals surface area contributed by atoms with Crippen LogP contribution in [0.3, 0.4) is 0 Å². The molecule has 8 heteroatoms. The maximum Gasteiger partial charge on any atom is 0.250 e. The second-order valence-corrected chi connectivity index (χ2v) is 7.07. The van der Waals surface area contributed by atoms with Gasteiger partial charge >= 0.3 is 0 Å². The monoisotopic (exact) mass is 379 g/mol. The van der Waals surface area contributed by atoms with Gasteiger partial charge < -0.3 is 20.9 Å². The largest absolute Gasteiger partial charge is 0.366 e. The molecule has 1 aromatic carbocycles. The van der Waals surface area contributed by atoms with Gasteiger partial charge in [0.15, 0.2) is 0 Å². The standard InChI is InChI=1S/C20H25N7O/c1-26(11-12-27-9-7-22-8-10-27)17-6-5-14(13-23-17)20-24-16-4-2-3-15(19(21)28)18(16)25-20/h2-6,13,22H,7-12H2,1H3,(H2,21,28)(H,24,25). The van der Waals surface area contributed by atoms with Crippen molar-refractivity contribution in [3.8, 4) is 11.4 Å². The van der Waals surface area contributed by atoms with Gasteiger partial charge in [-0.15, -0.1) is 0 Å². The summed E-state index contributed by atoms with van der Waals surface area (Å²) in [5.41, 5.74) is 8.09. The molecule has 0 atom stereocenters. The molecule has 3 aromatic rings. The van der Waals surface area contributed by atoms with E-state index in [1.807, 2.05) is 18.2 Å². The molecule has 0 spiro atoms. The Balaban J connectivity index is 1.47. The zero-order valence-corrected chi connectivity index (χ0v) is 16.0. The SMILES string of the molecule is CN(CCN1CCNCC1)c1ccc(-c2nc3c(C(N)=O)cccc3[nH]2)cn1. The highest BCUT2D eigenvalue weighted by atomic mass is 16.1. The first-order valence-corrected chi connectivity index (χ1v) is 9.51. The van der Waals surface area contributed by atoms with E-state index in [-0.39, 0.29) is 0 Å². The van der Waals surface area contributed by atoms with Crippen LogP contribution in [-0.2, 0) is 0 Å². The number of anilines is 1. The number of piperazine rings is 1. The van der Waals surface area contributed by atoms with Crippen molar-refractivity contribution < 1.29 is 4.79 Å². The van der Waals surface area contributed by atoms with E-state index in [1.165, 1.54) is 0 Å². The summed E-state index contributed by atoms with van der Waals surface area (Å²) in [5.74, 6) is 1.11. The minimum absolute atomic E-state index is 0.414. The Morgan fingerprint density at radius 2 is 2.07 bits per heavy atom. The number of aromatic amines is 1. The Kier molecular flexibility index (Phi) is 5.23. The number of carbonyl (C=O) groups is 1. The average molecular weight is 379 g/mol. The number of aromatic nitrogens is 3. The molecule has 8 nitrogen and oxygen atoms in total. The number of carbonyl (C=O) groups excluding carboxylic acids is 1. The molecule has 4 N–H and O–H groups in total. The van der Waals surface area contributed by atoms with Crippen molar-refractivity contribution >= 4 is 22.8 Å². The first-order chi connectivity index (χ1) is 13.6. The second kappa shape index (κ2) is 7.95. The highest BCUT2D eigenvalue weighted by molar-refractivity contribution is 6.04. The lowest BCUT2D eigenvalue weighted by Crippen LogP contribution is -2.46. The van der Waals surface area contributed by atoms with Crippen molar-refractivity contribution in [1.29, 1.82) is 0 Å². The molecule has 0 aliphatic carbocycles. The number of para-hydroxylation sites is 1. The maximum atomic E-state index is 11.6. The molecular formula is C20H25N7O. The quantitative estimate of drug-likeness (QED) is 0.592. The number of nitrogens with one attached hydrogen (secondary N) is 2. The second-order valence-electron chi connectivity index (χ2n) is 7.07. The fraction of sp³-hybridized carbons (Fsp3) is 0.350. The van der Waals surface area contributed by atoms with Gasteiger partial charge in [-0.25, -0.2) is 9.97 Å². The minimum Gasteiger partial charge on any atom is -0.366 e. The number of nitrogens with zero attached hydrogens (tertiary/aromatic N) is 4. The lowest BCUT2D eigenvalue weighted by Gasteiger charge is -2.29. The number of likely N-dealkylation sites (N-methyl/N-ethyl adjacent to an activating group) is 1. The van der Waals surface area contributed by atoms with Crippen molar-refractivity contribution in [2.75, 3.05) is 51.2 Å². The molecule has 1 aliphatic rings. The number of rotatable bonds is 6. The fourth-order valence-electron chi connectivity index (χ4n) is 3.46. The van der Waals surface area contributed by atoms with E-state index in [0.29, 0.717) is 16.9 Å². The summed E-state index contributed by atoms with van der Waals surface area (Å²) < 4.78 is 0. The first-order valence-electron chi connectivity index (χ1n) is 9.51. The number of amides is 1. The van der Waals surface area contributed by atoms with Crippen LogP contribution in [0.5, 0.6) is 0 Å². The van der Waals surface area contributed by atoms with Crippen LogP contribution >= 0.6 is 0 Å². The van der Waals surface area contributed by atoms with Crippen LogP contribution in [0.4, 0.5) is 5.82 Å². The van der Waals surface area contributed by atoms with E-state index < -0.39 is 5.91 Å². The number of hydrogen-bond acceptors (Lipinski definition) is 6. The molecule has 1 amide bonds. The van der Waals surface area contributed by atoms with Crippen molar-refractivity contribution in [1.82, 2.24) is 25.2 Å². The van der Waals surface area contributed by atoms with Gasteiger partial charge in [0.25, 0.3) is 5.91 Å². The van der Waals surface area contributed by atoms with Crippen LogP contribution < -0.4 is 16.0 Å². The molecule has 0 radical (unpaired) electrons. The van der Waals surface area contributed by atoms with E-state index in [2.05, 4.69) is 37.1 Å². The molecule has 1 aliphatic heterocycles. The number of benzene rings is 1. The third-order valence-electron chi connectivity index (χ3n) is 5.15. The molecular weight excluding hydrogens is 354 g/mol. The zero-order valence-electron chi connectivity index (χ0n) is 16.0. The van der Waals surface area contributed by atoms with Gasteiger partial charge in [-0.2, -0.15) is 0 Å². The van der Waals surface area contributed by atoms with E-state index in [9.17, 15) is 4.79 Å². The topological polar surface area (TPSA) is 103 Å². The number of imidazole rings is 1. The van der Waals surface area contributed by atoms with Gasteiger partial charge in [-0.3, -0.25) is 9.69 Å². The Bertz CT molecular complexity index is 960. The summed E-state index contributed by atoms with van der Waals surface area (Å²) in [5, 5.41) is 3.37. The molecule has 4 rings (SSSR count). The van der Waals surface area contributed by atoms with Crippen molar-refractivity contribution in [2.45, 2.75) is 0 Å². The van der Waals surface area contributed by atoms with Crippen LogP contribution in [0.2, 0.25) is 0 Å². The number of pyridine rings is 1. The summed E-state index contributed by atoms with van der Waals surface area (Å²) in [6.07, 6.45) is 1.80. The number of H-pyrrole nitrogens is 1. The Morgan fingerprint density at radius 3 is 2.79 bits per heavy atom. The number of hydrogen-bond donors (Lipinski definition) is 3. The summed E-state index contributed by atoms with van der Waals surface area (Å²) in [7, 11) is 2.06. The molecule has 28 heavy (non-hydrogen) atoms. The van der Waals surface area contributed by atoms with E-state index in [1.54, 1.807) is 18.3 Å². The Hall–Kier alpha value is -2.97. The van der Waals surface area contributed by atoms with Crippen LogP contribution in [-0.4, -0.2) is 72.1 Å². The van der Waals surface area contributed by atoms with Crippen molar-refractivity contribution in [3.05, 3.63) is 42.1 Å². The number of fused-ring (bicyclic) bond motifs is 1. The molecule has 0 saturated carbocycles. The lowest BCUT2D eigenvalue weighted by molar-refractivity contribution is 0.100. The predicted octanol–water partition coefficient (Wildman–Crippen LogP) is 1.07. The highest BCUT2D eigenvalue weighted by Gasteiger charge is 2.14. The molecule has 3 heterocycles. The zero-order chi connectivity index (χ0) is 19.5. The third kappa shape index (κ3) is 3.83. The molecule has 0 unspecified atom stereocenters. The molecule has 2 aromatic heterocycles. The van der Waals surface area contributed by atoms with Crippen molar-refractivity contribution in [2.24, 2.45) is 5.73 Å². The Labute approximate surface area is 163 Å². The van der Waals surface area contributed by atoms with Gasteiger partial charge in [0.05, 0.1) is 11.1 Å². The van der Waals surface area contributed by atoms with E-state index in [0.717, 1.165) is 56.2 Å². The van der Waals surface area contributed by atoms with Gasteiger partial charge in [0.2, 0.25) is 0 Å². The van der Waals surface area contributed by atoms with Gasteiger partial charge in [-0.05, 0) is 24.3 Å². The number of nitrogens with two attached hydrogens (primary N) is 1. The summed E-state index contributed by atoms with van der Waals surface area (Å²) in [6, 6.07) is 9.34. The van der Waals surface area contributed by atoms with Gasteiger partial charge in [-0.1, -0.05) is 6.07 Å². The number of primary amides is 1. The maximum absolute atomic E-state index is 11.6. The minimum atomic E-state index is -0.483. The van der Waals surface area contributed by atoms with Crippen LogP contribution in [0.15, 0.2) is 36.5 Å². The van der Waals surface area contributed by atoms with Crippen molar-refractivity contribution in [3.63, 3.8) is 0 Å². The summed E-state index contributed by atoms with van der Waals surface area (Å²) in [4.78, 5) is 28.6.